The van der Waals surface area contributed by atoms with Crippen molar-refractivity contribution in [2.45, 2.75) is 20.4 Å². The average Bonchev–Trinajstić information content (AvgIpc) is 3.05. The topological polar surface area (TPSA) is 41.6 Å². The fourth-order valence-electron chi connectivity index (χ4n) is 2.34. The van der Waals surface area contributed by atoms with Crippen LogP contribution in [0.4, 0.5) is 0 Å². The molecule has 1 aromatic carbocycles. The second kappa shape index (κ2) is 5.10. The summed E-state index contributed by atoms with van der Waals surface area (Å²) in [5, 5.41) is 11.1. The first-order valence-corrected chi connectivity index (χ1v) is 7.51. The van der Waals surface area contributed by atoms with Crippen molar-refractivity contribution < 1.29 is 0 Å². The monoisotopic (exact) mass is 281 g/mol. The number of thiophene rings is 1. The largest absolute Gasteiger partial charge is 0.323 e. The van der Waals surface area contributed by atoms with Gasteiger partial charge >= 0.3 is 0 Å². The summed E-state index contributed by atoms with van der Waals surface area (Å²) >= 11 is 1.69. The highest BCUT2D eigenvalue weighted by Gasteiger charge is 2.14. The third-order valence-corrected chi connectivity index (χ3v) is 4.03. The van der Waals surface area contributed by atoms with Gasteiger partial charge in [-0.3, -0.25) is 0 Å². The molecular weight excluding hydrogens is 266 g/mol. The van der Waals surface area contributed by atoms with E-state index < -0.39 is 0 Å². The fraction of sp³-hybridized carbons (Fsp3) is 0.250. The fourth-order valence-corrected chi connectivity index (χ4v) is 3.07. The van der Waals surface area contributed by atoms with Crippen LogP contribution in [-0.4, -0.2) is 9.55 Å². The van der Waals surface area contributed by atoms with E-state index in [0.717, 1.165) is 23.4 Å². The lowest BCUT2D eigenvalue weighted by molar-refractivity contribution is 0.537. The van der Waals surface area contributed by atoms with Gasteiger partial charge in [-0.15, -0.1) is 11.3 Å². The summed E-state index contributed by atoms with van der Waals surface area (Å²) in [5.74, 6) is 1.54. The van der Waals surface area contributed by atoms with Gasteiger partial charge in [0.05, 0.1) is 27.5 Å². The molecule has 2 heterocycles. The van der Waals surface area contributed by atoms with E-state index in [4.69, 9.17) is 10.2 Å². The minimum atomic E-state index is 0.543. The second-order valence-electron chi connectivity index (χ2n) is 5.23. The van der Waals surface area contributed by atoms with Gasteiger partial charge in [0.25, 0.3) is 0 Å². The molecule has 0 atom stereocenters. The quantitative estimate of drug-likeness (QED) is 0.718. The zero-order valence-electron chi connectivity index (χ0n) is 11.5. The van der Waals surface area contributed by atoms with Crippen LogP contribution in [0.3, 0.4) is 0 Å². The Labute approximate surface area is 122 Å². The van der Waals surface area contributed by atoms with Crippen LogP contribution in [0.1, 0.15) is 19.4 Å². The first-order chi connectivity index (χ1) is 9.69. The molecule has 2 aromatic heterocycles. The predicted molar refractivity (Wildman–Crippen MR) is 82.6 cm³/mol. The lowest BCUT2D eigenvalue weighted by atomic mass is 10.2. The molecule has 3 rings (SSSR count). The average molecular weight is 281 g/mol. The Hall–Kier alpha value is -2.12. The van der Waals surface area contributed by atoms with E-state index in [1.807, 2.05) is 24.3 Å². The number of imidazole rings is 1. The molecule has 3 nitrogen and oxygen atoms in total. The van der Waals surface area contributed by atoms with Gasteiger partial charge in [0, 0.05) is 6.54 Å². The molecule has 0 aliphatic carbocycles. The van der Waals surface area contributed by atoms with Crippen molar-refractivity contribution in [1.82, 2.24) is 9.55 Å². The molecule has 0 fully saturated rings. The summed E-state index contributed by atoms with van der Waals surface area (Å²) in [5.41, 5.74) is 2.65. The van der Waals surface area contributed by atoms with Crippen LogP contribution in [0, 0.1) is 17.2 Å². The van der Waals surface area contributed by atoms with E-state index >= 15 is 0 Å². The van der Waals surface area contributed by atoms with E-state index in [1.54, 1.807) is 11.3 Å². The van der Waals surface area contributed by atoms with Crippen molar-refractivity contribution in [3.05, 3.63) is 41.3 Å². The lowest BCUT2D eigenvalue weighted by Crippen LogP contribution is -2.05. The Morgan fingerprint density at radius 3 is 2.85 bits per heavy atom. The molecule has 100 valence electrons. The highest BCUT2D eigenvalue weighted by Crippen LogP contribution is 2.29. The Morgan fingerprint density at radius 1 is 1.35 bits per heavy atom. The standard InChI is InChI=1S/C16H15N3S/c1-11(2)10-19-14-6-5-12(9-17)8-13(14)18-16(19)15-4-3-7-20-15/h3-8,11H,10H2,1-2H3. The summed E-state index contributed by atoms with van der Waals surface area (Å²) in [4.78, 5) is 5.91. The summed E-state index contributed by atoms with van der Waals surface area (Å²) in [6, 6.07) is 12.0. The van der Waals surface area contributed by atoms with Gasteiger partial charge in [0.15, 0.2) is 5.82 Å². The zero-order valence-corrected chi connectivity index (χ0v) is 12.3. The van der Waals surface area contributed by atoms with E-state index in [2.05, 4.69) is 35.9 Å². The van der Waals surface area contributed by atoms with E-state index in [-0.39, 0.29) is 0 Å². The number of benzene rings is 1. The van der Waals surface area contributed by atoms with Crippen molar-refractivity contribution in [3.8, 4) is 16.8 Å². The molecule has 0 aliphatic rings. The van der Waals surface area contributed by atoms with Crippen LogP contribution in [-0.2, 0) is 6.54 Å². The van der Waals surface area contributed by atoms with Crippen LogP contribution in [0.2, 0.25) is 0 Å². The third kappa shape index (κ3) is 2.21. The molecule has 0 saturated heterocycles. The number of nitrogens with zero attached hydrogens (tertiary/aromatic N) is 3. The van der Waals surface area contributed by atoms with Gasteiger partial charge in [-0.2, -0.15) is 5.26 Å². The summed E-state index contributed by atoms with van der Waals surface area (Å²) in [7, 11) is 0. The molecule has 0 unspecified atom stereocenters. The highest BCUT2D eigenvalue weighted by molar-refractivity contribution is 7.13. The van der Waals surface area contributed by atoms with Crippen LogP contribution in [0.5, 0.6) is 0 Å². The number of fused-ring (bicyclic) bond motifs is 1. The highest BCUT2D eigenvalue weighted by atomic mass is 32.1. The van der Waals surface area contributed by atoms with Gasteiger partial charge in [-0.05, 0) is 35.6 Å². The van der Waals surface area contributed by atoms with E-state index in [0.29, 0.717) is 11.5 Å². The number of aromatic nitrogens is 2. The third-order valence-electron chi connectivity index (χ3n) is 3.17. The molecule has 20 heavy (non-hydrogen) atoms. The smallest absolute Gasteiger partial charge is 0.151 e. The van der Waals surface area contributed by atoms with Crippen molar-refractivity contribution in [2.75, 3.05) is 0 Å². The molecule has 0 aliphatic heterocycles. The van der Waals surface area contributed by atoms with Crippen molar-refractivity contribution in [2.24, 2.45) is 5.92 Å². The lowest BCUT2D eigenvalue weighted by Gasteiger charge is -2.10. The minimum absolute atomic E-state index is 0.543. The predicted octanol–water partition coefficient (Wildman–Crippen LogP) is 4.29. The van der Waals surface area contributed by atoms with Crippen LogP contribution in [0.15, 0.2) is 35.7 Å². The SMILES string of the molecule is CC(C)Cn1c(-c2cccs2)nc2cc(C#N)ccc21. The number of rotatable bonds is 3. The van der Waals surface area contributed by atoms with Crippen LogP contribution in [0.25, 0.3) is 21.7 Å². The number of hydrogen-bond donors (Lipinski definition) is 0. The van der Waals surface area contributed by atoms with Crippen molar-refractivity contribution >= 4 is 22.4 Å². The number of nitriles is 1. The Morgan fingerprint density at radius 2 is 2.20 bits per heavy atom. The molecule has 4 heteroatoms. The maximum Gasteiger partial charge on any atom is 0.151 e. The Kier molecular flexibility index (Phi) is 3.29. The Bertz CT molecular complexity index is 776. The summed E-state index contributed by atoms with van der Waals surface area (Å²) < 4.78 is 2.26. The first kappa shape index (κ1) is 12.9. The second-order valence-corrected chi connectivity index (χ2v) is 6.18. The molecule has 0 saturated carbocycles. The molecule has 0 radical (unpaired) electrons. The molecule has 3 aromatic rings. The van der Waals surface area contributed by atoms with Gasteiger partial charge in [-0.1, -0.05) is 19.9 Å². The zero-order chi connectivity index (χ0) is 14.1. The minimum Gasteiger partial charge on any atom is -0.323 e. The normalized spacial score (nSPS) is 11.1. The maximum absolute atomic E-state index is 9.02. The first-order valence-electron chi connectivity index (χ1n) is 6.63. The van der Waals surface area contributed by atoms with Crippen LogP contribution >= 0.6 is 11.3 Å². The van der Waals surface area contributed by atoms with Gasteiger partial charge in [0.2, 0.25) is 0 Å². The molecule has 0 bridgehead atoms. The van der Waals surface area contributed by atoms with Gasteiger partial charge < -0.3 is 4.57 Å². The van der Waals surface area contributed by atoms with Crippen molar-refractivity contribution in [1.29, 1.82) is 5.26 Å². The van der Waals surface area contributed by atoms with Crippen LogP contribution < -0.4 is 0 Å². The van der Waals surface area contributed by atoms with Gasteiger partial charge in [0.1, 0.15) is 0 Å². The van der Waals surface area contributed by atoms with Gasteiger partial charge in [-0.25, -0.2) is 4.98 Å². The number of hydrogen-bond acceptors (Lipinski definition) is 3. The molecular formula is C16H15N3S. The molecule has 0 amide bonds. The van der Waals surface area contributed by atoms with E-state index in [9.17, 15) is 0 Å². The maximum atomic E-state index is 9.02. The summed E-state index contributed by atoms with van der Waals surface area (Å²) in [6.45, 7) is 5.33. The Balaban J connectivity index is 2.24. The molecule has 0 N–H and O–H groups in total. The van der Waals surface area contributed by atoms with Crippen molar-refractivity contribution in [3.63, 3.8) is 0 Å². The van der Waals surface area contributed by atoms with E-state index in [1.165, 1.54) is 4.88 Å². The summed E-state index contributed by atoms with van der Waals surface area (Å²) in [6.07, 6.45) is 0. The molecule has 0 spiro atoms.